The van der Waals surface area contributed by atoms with Crippen LogP contribution in [0.1, 0.15) is 49.4 Å². The lowest BCUT2D eigenvalue weighted by atomic mass is 9.95. The smallest absolute Gasteiger partial charge is 0.338 e. The molecule has 11 heteroatoms. The summed E-state index contributed by atoms with van der Waals surface area (Å²) in [5.74, 6) is -1.01. The Morgan fingerprint density at radius 1 is 1.00 bits per heavy atom. The predicted octanol–water partition coefficient (Wildman–Crippen LogP) is 2.65. The summed E-state index contributed by atoms with van der Waals surface area (Å²) in [6.45, 7) is 1.52. The molecule has 2 aromatic carbocycles. The molecule has 0 radical (unpaired) electrons. The van der Waals surface area contributed by atoms with Crippen LogP contribution in [0.4, 0.5) is 5.69 Å². The highest BCUT2D eigenvalue weighted by Gasteiger charge is 2.23. The molecule has 0 saturated heterocycles. The molecule has 1 fully saturated rings. The van der Waals surface area contributed by atoms with Gasteiger partial charge in [0.2, 0.25) is 0 Å². The highest BCUT2D eigenvalue weighted by Crippen LogP contribution is 2.20. The van der Waals surface area contributed by atoms with E-state index in [0.717, 1.165) is 25.7 Å². The first-order valence-electron chi connectivity index (χ1n) is 11.1. The highest BCUT2D eigenvalue weighted by atomic mass is 32.2. The van der Waals surface area contributed by atoms with E-state index in [1.165, 1.54) is 55.8 Å². The van der Waals surface area contributed by atoms with Gasteiger partial charge in [-0.05, 0) is 62.2 Å². The van der Waals surface area contributed by atoms with Crippen LogP contribution in [0.2, 0.25) is 0 Å². The van der Waals surface area contributed by atoms with Crippen molar-refractivity contribution in [2.24, 2.45) is 0 Å². The molecule has 1 saturated carbocycles. The Balaban J connectivity index is 1.37. The molecule has 1 aliphatic rings. The summed E-state index contributed by atoms with van der Waals surface area (Å²) in [5, 5.41) is 2.92. The fraction of sp³-hybridized carbons (Fsp3) is 0.348. The van der Waals surface area contributed by atoms with E-state index in [1.807, 2.05) is 0 Å². The maximum atomic E-state index is 12.7. The second kappa shape index (κ2) is 9.72. The van der Waals surface area contributed by atoms with Crippen LogP contribution in [-0.2, 0) is 19.6 Å². The lowest BCUT2D eigenvalue weighted by Crippen LogP contribution is -2.42. The molecule has 3 aromatic rings. The van der Waals surface area contributed by atoms with Crippen molar-refractivity contribution in [3.05, 3.63) is 58.5 Å². The first-order valence-corrected chi connectivity index (χ1v) is 12.6. The van der Waals surface area contributed by atoms with Gasteiger partial charge >= 0.3 is 11.7 Å². The van der Waals surface area contributed by atoms with Gasteiger partial charge in [-0.3, -0.25) is 9.52 Å². The molecular weight excluding hydrogens is 460 g/mol. The number of rotatable bonds is 7. The number of aromatic nitrogens is 2. The molecule has 4 rings (SSSR count). The molecule has 0 unspecified atom stereocenters. The van der Waals surface area contributed by atoms with E-state index < -0.39 is 27.8 Å². The summed E-state index contributed by atoms with van der Waals surface area (Å²) in [6, 6.07) is 10.0. The van der Waals surface area contributed by atoms with Crippen molar-refractivity contribution in [3.63, 3.8) is 0 Å². The van der Waals surface area contributed by atoms with Crippen molar-refractivity contribution in [1.82, 2.24) is 15.3 Å². The van der Waals surface area contributed by atoms with Crippen LogP contribution in [0.3, 0.4) is 0 Å². The number of carbonyl (C=O) groups is 2. The van der Waals surface area contributed by atoms with Crippen molar-refractivity contribution in [1.29, 1.82) is 0 Å². The molecule has 180 valence electrons. The monoisotopic (exact) mass is 486 g/mol. The summed E-state index contributed by atoms with van der Waals surface area (Å²) in [6.07, 6.45) is 4.25. The summed E-state index contributed by atoms with van der Waals surface area (Å²) < 4.78 is 33.1. The molecule has 0 spiro atoms. The molecule has 1 amide bonds. The Labute approximate surface area is 196 Å². The van der Waals surface area contributed by atoms with Crippen molar-refractivity contribution in [3.8, 4) is 0 Å². The number of imidazole rings is 1. The number of ether oxygens (including phenoxy) is 1. The lowest BCUT2D eigenvalue weighted by Gasteiger charge is -2.24. The number of hydrogen-bond donors (Lipinski definition) is 4. The number of carbonyl (C=O) groups excluding carboxylic acids is 2. The third-order valence-electron chi connectivity index (χ3n) is 5.78. The Kier molecular flexibility index (Phi) is 6.73. The Bertz CT molecular complexity index is 1350. The third-order valence-corrected chi connectivity index (χ3v) is 7.15. The first kappa shape index (κ1) is 23.6. The van der Waals surface area contributed by atoms with Gasteiger partial charge in [0.15, 0.2) is 6.10 Å². The number of aromatic amines is 2. The maximum Gasteiger partial charge on any atom is 0.338 e. The minimum absolute atomic E-state index is 0.0310. The molecule has 1 heterocycles. The number of amides is 1. The topological polar surface area (TPSA) is 150 Å². The van der Waals surface area contributed by atoms with Gasteiger partial charge < -0.3 is 20.0 Å². The highest BCUT2D eigenvalue weighted by molar-refractivity contribution is 7.92. The van der Waals surface area contributed by atoms with Gasteiger partial charge in [-0.15, -0.1) is 0 Å². The quantitative estimate of drug-likeness (QED) is 0.377. The lowest BCUT2D eigenvalue weighted by molar-refractivity contribution is -0.130. The van der Waals surface area contributed by atoms with E-state index >= 15 is 0 Å². The summed E-state index contributed by atoms with van der Waals surface area (Å²) >= 11 is 0. The molecule has 0 aliphatic heterocycles. The number of esters is 1. The van der Waals surface area contributed by atoms with Crippen LogP contribution >= 0.6 is 0 Å². The SMILES string of the molecule is C[C@H](OC(=O)c1ccc(NS(=O)(=O)c2ccc3[nH]c(=O)[nH]c3c2)cc1)C(=O)NC1CCCCC1. The molecule has 0 bridgehead atoms. The number of nitrogens with one attached hydrogen (secondary N) is 4. The summed E-state index contributed by atoms with van der Waals surface area (Å²) in [4.78, 5) is 41.2. The van der Waals surface area contributed by atoms with Crippen LogP contribution in [0, 0.1) is 0 Å². The minimum atomic E-state index is -3.93. The number of hydrogen-bond acceptors (Lipinski definition) is 6. The third kappa shape index (κ3) is 5.48. The molecule has 10 nitrogen and oxygen atoms in total. The van der Waals surface area contributed by atoms with Crippen LogP contribution < -0.4 is 15.7 Å². The van der Waals surface area contributed by atoms with Crippen LogP contribution in [0.15, 0.2) is 52.2 Å². The van der Waals surface area contributed by atoms with Gasteiger partial charge in [0.25, 0.3) is 15.9 Å². The normalized spacial score (nSPS) is 15.6. The predicted molar refractivity (Wildman–Crippen MR) is 126 cm³/mol. The zero-order valence-corrected chi connectivity index (χ0v) is 19.4. The standard InChI is InChI=1S/C23H26N4O6S/c1-14(21(28)24-16-5-3-2-4-6-16)33-22(29)15-7-9-17(10-8-15)27-34(31,32)18-11-12-19-20(13-18)26-23(30)25-19/h7-14,16,27H,2-6H2,1H3,(H,24,28)(H2,25,26,30)/t14-/m0/s1. The zero-order valence-electron chi connectivity index (χ0n) is 18.6. The van der Waals surface area contributed by atoms with Gasteiger partial charge in [-0.1, -0.05) is 19.3 Å². The van der Waals surface area contributed by atoms with E-state index in [4.69, 9.17) is 4.74 Å². The Morgan fingerprint density at radius 3 is 2.38 bits per heavy atom. The molecular formula is C23H26N4O6S. The van der Waals surface area contributed by atoms with E-state index in [1.54, 1.807) is 0 Å². The molecule has 4 N–H and O–H groups in total. The van der Waals surface area contributed by atoms with Gasteiger partial charge in [0, 0.05) is 11.7 Å². The van der Waals surface area contributed by atoms with Crippen molar-refractivity contribution >= 4 is 38.6 Å². The average Bonchev–Trinajstić information content (AvgIpc) is 3.19. The Hall–Kier alpha value is -3.60. The summed E-state index contributed by atoms with van der Waals surface area (Å²) in [5.41, 5.74) is 0.857. The second-order valence-corrected chi connectivity index (χ2v) is 10.0. The second-order valence-electron chi connectivity index (χ2n) is 8.36. The minimum Gasteiger partial charge on any atom is -0.449 e. The van der Waals surface area contributed by atoms with E-state index in [-0.39, 0.29) is 28.1 Å². The van der Waals surface area contributed by atoms with E-state index in [0.29, 0.717) is 11.0 Å². The number of anilines is 1. The zero-order chi connectivity index (χ0) is 24.3. The van der Waals surface area contributed by atoms with Crippen molar-refractivity contribution < 1.29 is 22.7 Å². The maximum absolute atomic E-state index is 12.7. The fourth-order valence-corrected chi connectivity index (χ4v) is 5.00. The molecule has 1 atom stereocenters. The van der Waals surface area contributed by atoms with E-state index in [2.05, 4.69) is 20.0 Å². The fourth-order valence-electron chi connectivity index (χ4n) is 3.91. The van der Waals surface area contributed by atoms with Crippen molar-refractivity contribution in [2.45, 2.75) is 56.1 Å². The number of benzene rings is 2. The van der Waals surface area contributed by atoms with Crippen molar-refractivity contribution in [2.75, 3.05) is 4.72 Å². The van der Waals surface area contributed by atoms with Gasteiger partial charge in [-0.2, -0.15) is 0 Å². The molecule has 1 aromatic heterocycles. The Morgan fingerprint density at radius 2 is 1.68 bits per heavy atom. The number of sulfonamides is 1. The largest absolute Gasteiger partial charge is 0.449 e. The molecule has 1 aliphatic carbocycles. The average molecular weight is 487 g/mol. The van der Waals surface area contributed by atoms with E-state index in [9.17, 15) is 22.8 Å². The van der Waals surface area contributed by atoms with Gasteiger partial charge in [0.1, 0.15) is 0 Å². The number of fused-ring (bicyclic) bond motifs is 1. The van der Waals surface area contributed by atoms with Crippen LogP contribution in [0.5, 0.6) is 0 Å². The number of H-pyrrole nitrogens is 2. The first-order chi connectivity index (χ1) is 16.2. The van der Waals surface area contributed by atoms with Crippen LogP contribution in [-0.4, -0.2) is 42.4 Å². The summed E-state index contributed by atoms with van der Waals surface area (Å²) in [7, 11) is -3.93. The van der Waals surface area contributed by atoms with Gasteiger partial charge in [-0.25, -0.2) is 18.0 Å². The van der Waals surface area contributed by atoms with Gasteiger partial charge in [0.05, 0.1) is 21.5 Å². The van der Waals surface area contributed by atoms with Crippen LogP contribution in [0.25, 0.3) is 11.0 Å². The molecule has 34 heavy (non-hydrogen) atoms.